The molecule has 8 heteroatoms. The SMILES string of the molecule is CCCC(=O)Nc1nc2c(s1)-c1c(c(-c3cccnc3)nn1-c1ccccc1Cl)CC2. The normalized spacial score (nSPS) is 12.3. The van der Waals surface area contributed by atoms with Crippen molar-refractivity contribution < 1.29 is 4.79 Å². The van der Waals surface area contributed by atoms with Gasteiger partial charge in [-0.3, -0.25) is 9.78 Å². The van der Waals surface area contributed by atoms with Crippen molar-refractivity contribution in [1.82, 2.24) is 19.7 Å². The molecule has 4 aromatic rings. The third kappa shape index (κ3) is 3.64. The lowest BCUT2D eigenvalue weighted by Gasteiger charge is -2.14. The monoisotopic (exact) mass is 449 g/mol. The lowest BCUT2D eigenvalue weighted by atomic mass is 9.95. The number of nitrogens with one attached hydrogen (secondary N) is 1. The molecular formula is C23H20ClN5OS. The first kappa shape index (κ1) is 19.9. The third-order valence-corrected chi connectivity index (χ3v) is 6.59. The van der Waals surface area contributed by atoms with Crippen molar-refractivity contribution in [2.75, 3.05) is 5.32 Å². The van der Waals surface area contributed by atoms with E-state index in [1.165, 1.54) is 11.3 Å². The minimum Gasteiger partial charge on any atom is -0.302 e. The van der Waals surface area contributed by atoms with Crippen molar-refractivity contribution in [1.29, 1.82) is 0 Å². The number of benzene rings is 1. The van der Waals surface area contributed by atoms with Crippen LogP contribution in [0.3, 0.4) is 0 Å². The summed E-state index contributed by atoms with van der Waals surface area (Å²) in [6, 6.07) is 11.6. The number of para-hydroxylation sites is 1. The largest absolute Gasteiger partial charge is 0.302 e. The van der Waals surface area contributed by atoms with Crippen molar-refractivity contribution in [2.45, 2.75) is 32.6 Å². The van der Waals surface area contributed by atoms with Crippen LogP contribution in [-0.2, 0) is 17.6 Å². The molecule has 3 aromatic heterocycles. The number of nitrogens with zero attached hydrogens (tertiary/aromatic N) is 4. The van der Waals surface area contributed by atoms with E-state index in [1.54, 1.807) is 6.20 Å². The molecule has 0 saturated heterocycles. The minimum absolute atomic E-state index is 0.00974. The van der Waals surface area contributed by atoms with Crippen LogP contribution in [0.25, 0.3) is 27.5 Å². The van der Waals surface area contributed by atoms with Gasteiger partial charge in [0.25, 0.3) is 0 Å². The number of anilines is 1. The molecule has 31 heavy (non-hydrogen) atoms. The Morgan fingerprint density at radius 1 is 1.23 bits per heavy atom. The van der Waals surface area contributed by atoms with Crippen LogP contribution in [0.2, 0.25) is 5.02 Å². The standard InChI is InChI=1S/C23H20ClN5OS/c1-2-6-19(30)27-23-26-17-11-10-15-20(14-7-5-12-25-13-14)28-29(21(15)22(17)31-23)18-9-4-3-8-16(18)24/h3-5,7-9,12-13H,2,6,10-11H2,1H3,(H,26,27,30). The van der Waals surface area contributed by atoms with E-state index in [0.29, 0.717) is 16.6 Å². The molecule has 0 radical (unpaired) electrons. The molecule has 0 fully saturated rings. The summed E-state index contributed by atoms with van der Waals surface area (Å²) in [5, 5.41) is 9.17. The van der Waals surface area contributed by atoms with Gasteiger partial charge in [0.2, 0.25) is 5.91 Å². The molecule has 0 atom stereocenters. The van der Waals surface area contributed by atoms with E-state index in [4.69, 9.17) is 21.7 Å². The average Bonchev–Trinajstić information content (AvgIpc) is 3.35. The Hall–Kier alpha value is -3.03. The fourth-order valence-electron chi connectivity index (χ4n) is 3.86. The maximum Gasteiger partial charge on any atom is 0.226 e. The predicted octanol–water partition coefficient (Wildman–Crippen LogP) is 5.55. The van der Waals surface area contributed by atoms with Crippen LogP contribution in [0.4, 0.5) is 5.13 Å². The molecule has 156 valence electrons. The number of amides is 1. The van der Waals surface area contributed by atoms with E-state index in [9.17, 15) is 4.79 Å². The van der Waals surface area contributed by atoms with Gasteiger partial charge in [-0.25, -0.2) is 9.67 Å². The zero-order chi connectivity index (χ0) is 21.4. The number of fused-ring (bicyclic) bond motifs is 3. The summed E-state index contributed by atoms with van der Waals surface area (Å²) >= 11 is 8.04. The summed E-state index contributed by atoms with van der Waals surface area (Å²) in [4.78, 5) is 22.1. The van der Waals surface area contributed by atoms with E-state index in [1.807, 2.05) is 54.2 Å². The third-order valence-electron chi connectivity index (χ3n) is 5.25. The summed E-state index contributed by atoms with van der Waals surface area (Å²) in [6.07, 6.45) is 6.48. The highest BCUT2D eigenvalue weighted by atomic mass is 35.5. The fraction of sp³-hybridized carbons (Fsp3) is 0.217. The predicted molar refractivity (Wildman–Crippen MR) is 124 cm³/mol. The first-order valence-electron chi connectivity index (χ1n) is 10.2. The smallest absolute Gasteiger partial charge is 0.226 e. The zero-order valence-corrected chi connectivity index (χ0v) is 18.5. The number of hydrogen-bond donors (Lipinski definition) is 1. The van der Waals surface area contributed by atoms with Crippen molar-refractivity contribution in [3.63, 3.8) is 0 Å². The van der Waals surface area contributed by atoms with E-state index in [2.05, 4.69) is 10.3 Å². The second kappa shape index (κ2) is 8.24. The summed E-state index contributed by atoms with van der Waals surface area (Å²) in [6.45, 7) is 1.99. The number of thiazole rings is 1. The van der Waals surface area contributed by atoms with Gasteiger partial charge in [-0.05, 0) is 43.5 Å². The van der Waals surface area contributed by atoms with Crippen molar-refractivity contribution in [3.05, 3.63) is 65.1 Å². The quantitative estimate of drug-likeness (QED) is 0.433. The molecule has 0 unspecified atom stereocenters. The molecule has 1 aliphatic rings. The molecule has 0 spiro atoms. The summed E-state index contributed by atoms with van der Waals surface area (Å²) in [7, 11) is 0. The van der Waals surface area contributed by atoms with Gasteiger partial charge in [0.15, 0.2) is 5.13 Å². The van der Waals surface area contributed by atoms with Gasteiger partial charge in [-0.15, -0.1) is 0 Å². The van der Waals surface area contributed by atoms with Crippen LogP contribution >= 0.6 is 22.9 Å². The number of carbonyl (C=O) groups excluding carboxylic acids is 1. The molecule has 3 heterocycles. The Labute approximate surface area is 188 Å². The second-order valence-corrected chi connectivity index (χ2v) is 8.78. The molecule has 0 saturated carbocycles. The molecule has 5 rings (SSSR count). The molecular weight excluding hydrogens is 430 g/mol. The van der Waals surface area contributed by atoms with Crippen LogP contribution < -0.4 is 5.32 Å². The lowest BCUT2D eigenvalue weighted by molar-refractivity contribution is -0.116. The first-order chi connectivity index (χ1) is 15.2. The van der Waals surface area contributed by atoms with Gasteiger partial charge in [-0.1, -0.05) is 42.0 Å². The number of aryl methyl sites for hydroxylation is 1. The molecule has 0 bridgehead atoms. The van der Waals surface area contributed by atoms with Crippen molar-refractivity contribution in [3.8, 4) is 27.5 Å². The highest BCUT2D eigenvalue weighted by molar-refractivity contribution is 7.19. The Morgan fingerprint density at radius 2 is 2.10 bits per heavy atom. The number of aromatic nitrogens is 4. The summed E-state index contributed by atoms with van der Waals surface area (Å²) in [5.41, 5.74) is 5.80. The van der Waals surface area contributed by atoms with E-state index in [0.717, 1.165) is 58.0 Å². The second-order valence-electron chi connectivity index (χ2n) is 7.37. The summed E-state index contributed by atoms with van der Waals surface area (Å²) in [5.74, 6) is -0.00974. The van der Waals surface area contributed by atoms with Crippen molar-refractivity contribution in [2.24, 2.45) is 0 Å². The molecule has 1 aromatic carbocycles. The van der Waals surface area contributed by atoms with Crippen LogP contribution in [0.5, 0.6) is 0 Å². The Balaban J connectivity index is 1.69. The van der Waals surface area contributed by atoms with Crippen LogP contribution in [0.15, 0.2) is 48.8 Å². The Bertz CT molecular complexity index is 1260. The number of hydrogen-bond acceptors (Lipinski definition) is 5. The van der Waals surface area contributed by atoms with E-state index in [-0.39, 0.29) is 5.91 Å². The average molecular weight is 450 g/mol. The minimum atomic E-state index is -0.00974. The molecule has 1 amide bonds. The van der Waals surface area contributed by atoms with E-state index >= 15 is 0 Å². The maximum atomic E-state index is 12.1. The molecule has 1 N–H and O–H groups in total. The molecule has 1 aliphatic carbocycles. The van der Waals surface area contributed by atoms with Gasteiger partial charge < -0.3 is 5.32 Å². The fourth-order valence-corrected chi connectivity index (χ4v) is 5.17. The maximum absolute atomic E-state index is 12.1. The first-order valence-corrected chi connectivity index (χ1v) is 11.4. The highest BCUT2D eigenvalue weighted by Crippen LogP contribution is 2.44. The topological polar surface area (TPSA) is 72.7 Å². The van der Waals surface area contributed by atoms with Gasteiger partial charge in [0, 0.05) is 29.9 Å². The van der Waals surface area contributed by atoms with Crippen molar-refractivity contribution >= 4 is 34.0 Å². The Morgan fingerprint density at radius 3 is 2.87 bits per heavy atom. The lowest BCUT2D eigenvalue weighted by Crippen LogP contribution is -2.10. The highest BCUT2D eigenvalue weighted by Gasteiger charge is 2.30. The number of halogens is 1. The number of pyridine rings is 1. The molecule has 0 aliphatic heterocycles. The van der Waals surface area contributed by atoms with Gasteiger partial charge >= 0.3 is 0 Å². The van der Waals surface area contributed by atoms with E-state index < -0.39 is 0 Å². The van der Waals surface area contributed by atoms with Gasteiger partial charge in [-0.2, -0.15) is 5.10 Å². The number of rotatable bonds is 5. The van der Waals surface area contributed by atoms with Crippen LogP contribution in [0.1, 0.15) is 31.0 Å². The van der Waals surface area contributed by atoms with Crippen LogP contribution in [0, 0.1) is 0 Å². The Kier molecular flexibility index (Phi) is 5.29. The van der Waals surface area contributed by atoms with Crippen LogP contribution in [-0.4, -0.2) is 25.7 Å². The summed E-state index contributed by atoms with van der Waals surface area (Å²) < 4.78 is 1.91. The van der Waals surface area contributed by atoms with Gasteiger partial charge in [0.05, 0.1) is 32.7 Å². The number of carbonyl (C=O) groups is 1. The van der Waals surface area contributed by atoms with Gasteiger partial charge in [0.1, 0.15) is 0 Å². The zero-order valence-electron chi connectivity index (χ0n) is 16.9. The molecule has 6 nitrogen and oxygen atoms in total.